The van der Waals surface area contributed by atoms with Crippen molar-refractivity contribution < 1.29 is 9.90 Å². The molecule has 0 unspecified atom stereocenters. The van der Waals surface area contributed by atoms with Crippen LogP contribution < -0.4 is 5.32 Å². The molecule has 4 heteroatoms. The molecular formula is C21H21NO2S. The van der Waals surface area contributed by atoms with Crippen molar-refractivity contribution in [2.45, 2.75) is 18.9 Å². The Morgan fingerprint density at radius 1 is 1.04 bits per heavy atom. The zero-order chi connectivity index (χ0) is 17.7. The Kier molecular flexibility index (Phi) is 5.31. The minimum atomic E-state index is -1.11. The second kappa shape index (κ2) is 7.64. The van der Waals surface area contributed by atoms with Crippen molar-refractivity contribution in [2.24, 2.45) is 0 Å². The molecule has 1 amide bonds. The summed E-state index contributed by atoms with van der Waals surface area (Å²) in [4.78, 5) is 12.0. The van der Waals surface area contributed by atoms with Crippen LogP contribution >= 0.6 is 11.3 Å². The van der Waals surface area contributed by atoms with E-state index in [9.17, 15) is 9.90 Å². The van der Waals surface area contributed by atoms with Crippen LogP contribution in [0.5, 0.6) is 0 Å². The van der Waals surface area contributed by atoms with E-state index in [2.05, 4.69) is 17.4 Å². The van der Waals surface area contributed by atoms with E-state index >= 15 is 0 Å². The molecule has 0 radical (unpaired) electrons. The van der Waals surface area contributed by atoms with Crippen molar-refractivity contribution in [3.8, 4) is 11.1 Å². The first-order chi connectivity index (χ1) is 12.0. The predicted molar refractivity (Wildman–Crippen MR) is 102 cm³/mol. The van der Waals surface area contributed by atoms with Crippen LogP contribution in [-0.4, -0.2) is 17.6 Å². The molecule has 128 valence electrons. The van der Waals surface area contributed by atoms with Gasteiger partial charge in [-0.15, -0.1) is 0 Å². The Labute approximate surface area is 152 Å². The van der Waals surface area contributed by atoms with Crippen LogP contribution in [0.15, 0.2) is 71.4 Å². The highest BCUT2D eigenvalue weighted by Crippen LogP contribution is 2.24. The monoisotopic (exact) mass is 351 g/mol. The molecule has 1 atom stereocenters. The van der Waals surface area contributed by atoms with Gasteiger partial charge in [-0.25, -0.2) is 0 Å². The maximum Gasteiger partial charge on any atom is 0.224 e. The SMILES string of the molecule is C[C@](O)(CNC(=O)Cc1ccsc1)c1ccc(-c2ccccc2)cc1. The molecule has 0 bridgehead atoms. The van der Waals surface area contributed by atoms with Gasteiger partial charge in [0.05, 0.1) is 13.0 Å². The largest absolute Gasteiger partial charge is 0.384 e. The second-order valence-corrected chi connectivity index (χ2v) is 7.08. The molecule has 0 fully saturated rings. The summed E-state index contributed by atoms with van der Waals surface area (Å²) in [6, 6.07) is 19.8. The first-order valence-electron chi connectivity index (χ1n) is 8.21. The van der Waals surface area contributed by atoms with E-state index in [1.165, 1.54) is 0 Å². The number of nitrogens with one attached hydrogen (secondary N) is 1. The van der Waals surface area contributed by atoms with Gasteiger partial charge in [0.25, 0.3) is 0 Å². The van der Waals surface area contributed by atoms with Gasteiger partial charge in [0.1, 0.15) is 5.60 Å². The van der Waals surface area contributed by atoms with Gasteiger partial charge in [-0.1, -0.05) is 54.6 Å². The quantitative estimate of drug-likeness (QED) is 0.706. The Morgan fingerprint density at radius 3 is 2.36 bits per heavy atom. The summed E-state index contributed by atoms with van der Waals surface area (Å²) in [5.74, 6) is -0.0837. The molecule has 1 aromatic heterocycles. The Balaban J connectivity index is 1.62. The van der Waals surface area contributed by atoms with Crippen LogP contribution in [-0.2, 0) is 16.8 Å². The molecule has 0 aliphatic heterocycles. The van der Waals surface area contributed by atoms with Gasteiger partial charge in [0.15, 0.2) is 0 Å². The third kappa shape index (κ3) is 4.56. The summed E-state index contributed by atoms with van der Waals surface area (Å²) in [6.45, 7) is 1.90. The summed E-state index contributed by atoms with van der Waals surface area (Å²) in [5.41, 5.74) is 2.90. The number of amides is 1. The summed E-state index contributed by atoms with van der Waals surface area (Å²) >= 11 is 1.57. The molecule has 0 saturated carbocycles. The number of rotatable bonds is 6. The van der Waals surface area contributed by atoms with Crippen molar-refractivity contribution in [2.75, 3.05) is 6.54 Å². The van der Waals surface area contributed by atoms with Crippen molar-refractivity contribution in [1.82, 2.24) is 5.32 Å². The van der Waals surface area contributed by atoms with Crippen LogP contribution in [0.4, 0.5) is 0 Å². The van der Waals surface area contributed by atoms with Gasteiger partial charge in [0, 0.05) is 0 Å². The molecule has 2 N–H and O–H groups in total. The predicted octanol–water partition coefficient (Wildman–Crippen LogP) is 3.98. The fourth-order valence-electron chi connectivity index (χ4n) is 2.67. The van der Waals surface area contributed by atoms with Crippen LogP contribution in [0.2, 0.25) is 0 Å². The van der Waals surface area contributed by atoms with Crippen molar-refractivity contribution in [1.29, 1.82) is 0 Å². The minimum absolute atomic E-state index is 0.0837. The molecule has 3 rings (SSSR count). The summed E-state index contributed by atoms with van der Waals surface area (Å²) in [7, 11) is 0. The zero-order valence-corrected chi connectivity index (χ0v) is 14.9. The molecule has 0 aliphatic carbocycles. The number of carbonyl (C=O) groups is 1. The van der Waals surface area contributed by atoms with E-state index in [4.69, 9.17) is 0 Å². The molecule has 0 spiro atoms. The smallest absolute Gasteiger partial charge is 0.224 e. The normalized spacial score (nSPS) is 13.2. The van der Waals surface area contributed by atoms with E-state index < -0.39 is 5.60 Å². The number of benzene rings is 2. The first-order valence-corrected chi connectivity index (χ1v) is 9.15. The highest BCUT2D eigenvalue weighted by Gasteiger charge is 2.23. The van der Waals surface area contributed by atoms with Gasteiger partial charge < -0.3 is 10.4 Å². The molecule has 0 aliphatic rings. The summed E-state index contributed by atoms with van der Waals surface area (Å²) in [6.07, 6.45) is 0.340. The fraction of sp³-hybridized carbons (Fsp3) is 0.190. The average Bonchev–Trinajstić information content (AvgIpc) is 3.14. The lowest BCUT2D eigenvalue weighted by molar-refractivity contribution is -0.121. The highest BCUT2D eigenvalue weighted by molar-refractivity contribution is 7.08. The van der Waals surface area contributed by atoms with E-state index in [0.717, 1.165) is 22.3 Å². The van der Waals surface area contributed by atoms with E-state index in [1.54, 1.807) is 18.3 Å². The molecular weight excluding hydrogens is 330 g/mol. The van der Waals surface area contributed by atoms with Crippen molar-refractivity contribution in [3.05, 3.63) is 82.6 Å². The molecule has 3 nitrogen and oxygen atoms in total. The number of aliphatic hydroxyl groups is 1. The van der Waals surface area contributed by atoms with Crippen LogP contribution in [0.25, 0.3) is 11.1 Å². The molecule has 0 saturated heterocycles. The molecule has 2 aromatic carbocycles. The zero-order valence-electron chi connectivity index (χ0n) is 14.1. The highest BCUT2D eigenvalue weighted by atomic mass is 32.1. The van der Waals surface area contributed by atoms with Gasteiger partial charge in [0.2, 0.25) is 5.91 Å². The fourth-order valence-corrected chi connectivity index (χ4v) is 3.33. The number of hydrogen-bond acceptors (Lipinski definition) is 3. The third-order valence-electron chi connectivity index (χ3n) is 4.19. The number of hydrogen-bond donors (Lipinski definition) is 2. The van der Waals surface area contributed by atoms with E-state index in [0.29, 0.717) is 6.42 Å². The Hall–Kier alpha value is -2.43. The summed E-state index contributed by atoms with van der Waals surface area (Å²) in [5, 5.41) is 17.4. The average molecular weight is 351 g/mol. The first kappa shape index (κ1) is 17.4. The molecule has 25 heavy (non-hydrogen) atoms. The Bertz CT molecular complexity index is 809. The lowest BCUT2D eigenvalue weighted by atomic mass is 9.93. The molecule has 1 heterocycles. The summed E-state index contributed by atoms with van der Waals surface area (Å²) < 4.78 is 0. The number of carbonyl (C=O) groups excluding carboxylic acids is 1. The third-order valence-corrected chi connectivity index (χ3v) is 4.92. The van der Waals surface area contributed by atoms with Gasteiger partial charge in [-0.3, -0.25) is 4.79 Å². The van der Waals surface area contributed by atoms with Gasteiger partial charge in [-0.2, -0.15) is 11.3 Å². The van der Waals surface area contributed by atoms with Crippen LogP contribution in [0.1, 0.15) is 18.1 Å². The van der Waals surface area contributed by atoms with Crippen molar-refractivity contribution in [3.63, 3.8) is 0 Å². The van der Waals surface area contributed by atoms with Crippen LogP contribution in [0, 0.1) is 0 Å². The minimum Gasteiger partial charge on any atom is -0.384 e. The maximum atomic E-state index is 12.0. The van der Waals surface area contributed by atoms with Crippen molar-refractivity contribution >= 4 is 17.2 Å². The maximum absolute atomic E-state index is 12.0. The molecule has 3 aromatic rings. The number of thiophene rings is 1. The van der Waals surface area contributed by atoms with Gasteiger partial charge in [-0.05, 0) is 46.0 Å². The standard InChI is InChI=1S/C21H21NO2S/c1-21(24,15-22-20(23)13-16-11-12-25-14-16)19-9-7-18(8-10-19)17-5-3-2-4-6-17/h2-12,14,24H,13,15H2,1H3,(H,22,23)/t21-/m0/s1. The lowest BCUT2D eigenvalue weighted by Crippen LogP contribution is -2.39. The lowest BCUT2D eigenvalue weighted by Gasteiger charge is -2.24. The van der Waals surface area contributed by atoms with Crippen LogP contribution in [0.3, 0.4) is 0 Å². The van der Waals surface area contributed by atoms with E-state index in [-0.39, 0.29) is 12.5 Å². The van der Waals surface area contributed by atoms with E-state index in [1.807, 2.05) is 59.3 Å². The Morgan fingerprint density at radius 2 is 1.72 bits per heavy atom. The second-order valence-electron chi connectivity index (χ2n) is 6.30. The topological polar surface area (TPSA) is 49.3 Å². The van der Waals surface area contributed by atoms with Gasteiger partial charge >= 0.3 is 0 Å².